The van der Waals surface area contributed by atoms with Crippen LogP contribution >= 0.6 is 11.6 Å². The van der Waals surface area contributed by atoms with Crippen molar-refractivity contribution in [1.82, 2.24) is 0 Å². The number of carbonyl (C=O) groups excluding carboxylic acids is 2. The second-order valence-corrected chi connectivity index (χ2v) is 7.63. The molecule has 3 aromatic carbocycles. The summed E-state index contributed by atoms with van der Waals surface area (Å²) in [5.74, 6) is 0.364. The van der Waals surface area contributed by atoms with Crippen LogP contribution < -0.4 is 5.32 Å². The van der Waals surface area contributed by atoms with Gasteiger partial charge in [-0.15, -0.1) is 0 Å². The number of ketones is 1. The number of nitro groups is 1. The molecule has 0 saturated carbocycles. The molecular formula is C26H17ClN2O5. The maximum absolute atomic E-state index is 12.5. The number of nitro benzene ring substituents is 1. The topological polar surface area (TPSA) is 102 Å². The van der Waals surface area contributed by atoms with Gasteiger partial charge in [-0.25, -0.2) is 0 Å². The summed E-state index contributed by atoms with van der Waals surface area (Å²) in [6.45, 7) is 0. The van der Waals surface area contributed by atoms with Gasteiger partial charge in [-0.3, -0.25) is 19.7 Å². The average molecular weight is 473 g/mol. The summed E-state index contributed by atoms with van der Waals surface area (Å²) in [6, 6.07) is 22.8. The Balaban J connectivity index is 1.41. The first-order chi connectivity index (χ1) is 16.4. The number of amides is 1. The van der Waals surface area contributed by atoms with Crippen LogP contribution in [0.5, 0.6) is 0 Å². The van der Waals surface area contributed by atoms with Crippen LogP contribution in [0.15, 0.2) is 95.4 Å². The Morgan fingerprint density at radius 3 is 2.32 bits per heavy atom. The molecule has 7 nitrogen and oxygen atoms in total. The van der Waals surface area contributed by atoms with Crippen molar-refractivity contribution in [2.24, 2.45) is 0 Å². The Kier molecular flexibility index (Phi) is 6.66. The number of allylic oxidation sites excluding steroid dienone is 1. The van der Waals surface area contributed by atoms with E-state index >= 15 is 0 Å². The molecule has 8 heteroatoms. The molecule has 168 valence electrons. The predicted octanol–water partition coefficient (Wildman–Crippen LogP) is 6.66. The fourth-order valence-corrected chi connectivity index (χ4v) is 3.44. The minimum absolute atomic E-state index is 0.114. The van der Waals surface area contributed by atoms with Crippen molar-refractivity contribution in [3.05, 3.63) is 123 Å². The Hall–Kier alpha value is -4.49. The molecule has 0 unspecified atom stereocenters. The highest BCUT2D eigenvalue weighted by Crippen LogP contribution is 2.32. The molecule has 0 aliphatic carbocycles. The second kappa shape index (κ2) is 9.97. The lowest BCUT2D eigenvalue weighted by molar-refractivity contribution is -0.384. The largest absolute Gasteiger partial charge is 0.457 e. The number of hydrogen-bond donors (Lipinski definition) is 1. The third kappa shape index (κ3) is 5.28. The first-order valence-corrected chi connectivity index (χ1v) is 10.5. The SMILES string of the molecule is O=C(C=Cc1ccc(-c2ccc([N+](=O)[O-])cc2Cl)o1)c1ccc(NC(=O)c2ccccc2)cc1. The maximum Gasteiger partial charge on any atom is 0.270 e. The molecule has 34 heavy (non-hydrogen) atoms. The summed E-state index contributed by atoms with van der Waals surface area (Å²) in [5, 5.41) is 13.8. The fourth-order valence-electron chi connectivity index (χ4n) is 3.17. The highest BCUT2D eigenvalue weighted by molar-refractivity contribution is 6.33. The van der Waals surface area contributed by atoms with E-state index in [4.69, 9.17) is 16.0 Å². The van der Waals surface area contributed by atoms with Gasteiger partial charge in [-0.2, -0.15) is 0 Å². The molecule has 0 bridgehead atoms. The van der Waals surface area contributed by atoms with Crippen LogP contribution in [-0.2, 0) is 0 Å². The first kappa shape index (κ1) is 22.7. The molecule has 0 aliphatic heterocycles. The quantitative estimate of drug-likeness (QED) is 0.140. The van der Waals surface area contributed by atoms with Crippen LogP contribution in [0, 0.1) is 10.1 Å². The van der Waals surface area contributed by atoms with Crippen LogP contribution in [0.2, 0.25) is 5.02 Å². The van der Waals surface area contributed by atoms with Gasteiger partial charge in [0, 0.05) is 34.5 Å². The molecule has 4 rings (SSSR count). The number of nitrogens with zero attached hydrogens (tertiary/aromatic N) is 1. The summed E-state index contributed by atoms with van der Waals surface area (Å²) >= 11 is 6.14. The van der Waals surface area contributed by atoms with E-state index in [0.29, 0.717) is 33.9 Å². The molecule has 0 spiro atoms. The number of halogens is 1. The summed E-state index contributed by atoms with van der Waals surface area (Å²) in [6.07, 6.45) is 2.90. The number of carbonyl (C=O) groups is 2. The van der Waals surface area contributed by atoms with Crippen LogP contribution in [-0.4, -0.2) is 16.6 Å². The second-order valence-electron chi connectivity index (χ2n) is 7.22. The van der Waals surface area contributed by atoms with Crippen molar-refractivity contribution in [2.75, 3.05) is 5.32 Å². The number of hydrogen-bond acceptors (Lipinski definition) is 5. The number of rotatable bonds is 7. The fraction of sp³-hybridized carbons (Fsp3) is 0. The summed E-state index contributed by atoms with van der Waals surface area (Å²) < 4.78 is 5.70. The van der Waals surface area contributed by atoms with E-state index < -0.39 is 4.92 Å². The molecule has 1 amide bonds. The Morgan fingerprint density at radius 2 is 1.65 bits per heavy atom. The zero-order valence-electron chi connectivity index (χ0n) is 17.6. The van der Waals surface area contributed by atoms with Gasteiger partial charge in [0.25, 0.3) is 11.6 Å². The zero-order valence-corrected chi connectivity index (χ0v) is 18.4. The van der Waals surface area contributed by atoms with Crippen molar-refractivity contribution in [2.45, 2.75) is 0 Å². The zero-order chi connectivity index (χ0) is 24.1. The van der Waals surface area contributed by atoms with E-state index in [0.717, 1.165) is 0 Å². The predicted molar refractivity (Wildman–Crippen MR) is 130 cm³/mol. The molecule has 1 N–H and O–H groups in total. The van der Waals surface area contributed by atoms with Gasteiger partial charge in [0.1, 0.15) is 11.5 Å². The lowest BCUT2D eigenvalue weighted by Crippen LogP contribution is -2.11. The van der Waals surface area contributed by atoms with Crippen molar-refractivity contribution in [3.63, 3.8) is 0 Å². The monoisotopic (exact) mass is 472 g/mol. The number of nitrogens with one attached hydrogen (secondary N) is 1. The van der Waals surface area contributed by atoms with Crippen molar-refractivity contribution in [3.8, 4) is 11.3 Å². The Labute approximate surface area is 199 Å². The van der Waals surface area contributed by atoms with Crippen LogP contribution in [0.3, 0.4) is 0 Å². The highest BCUT2D eigenvalue weighted by atomic mass is 35.5. The molecule has 0 aliphatic rings. The average Bonchev–Trinajstić information content (AvgIpc) is 3.32. The number of benzene rings is 3. The molecule has 0 radical (unpaired) electrons. The molecule has 4 aromatic rings. The lowest BCUT2D eigenvalue weighted by atomic mass is 10.1. The van der Waals surface area contributed by atoms with Crippen molar-refractivity contribution in [1.29, 1.82) is 0 Å². The standard InChI is InChI=1S/C26H17ClN2O5/c27-23-16-20(29(32)33)10-13-22(23)25-15-12-21(34-25)11-14-24(30)17-6-8-19(9-7-17)28-26(31)18-4-2-1-3-5-18/h1-16H,(H,28,31). The third-order valence-corrected chi connectivity index (χ3v) is 5.23. The lowest BCUT2D eigenvalue weighted by Gasteiger charge is -2.05. The highest BCUT2D eigenvalue weighted by Gasteiger charge is 2.13. The van der Waals surface area contributed by atoms with Gasteiger partial charge < -0.3 is 9.73 Å². The molecule has 0 fully saturated rings. The smallest absolute Gasteiger partial charge is 0.270 e. The van der Waals surface area contributed by atoms with Gasteiger partial charge in [0.2, 0.25) is 0 Å². The van der Waals surface area contributed by atoms with Crippen molar-refractivity contribution >= 4 is 40.7 Å². The van der Waals surface area contributed by atoms with Crippen LogP contribution in [0.1, 0.15) is 26.5 Å². The van der Waals surface area contributed by atoms with E-state index in [1.807, 2.05) is 6.07 Å². The van der Waals surface area contributed by atoms with Gasteiger partial charge in [-0.1, -0.05) is 29.8 Å². The Morgan fingerprint density at radius 1 is 0.912 bits per heavy atom. The van der Waals surface area contributed by atoms with Gasteiger partial charge >= 0.3 is 0 Å². The third-order valence-electron chi connectivity index (χ3n) is 4.92. The molecular weight excluding hydrogens is 456 g/mol. The van der Waals surface area contributed by atoms with E-state index in [9.17, 15) is 19.7 Å². The normalized spacial score (nSPS) is 10.9. The van der Waals surface area contributed by atoms with Gasteiger partial charge in [0.05, 0.1) is 9.95 Å². The molecule has 0 saturated heterocycles. The molecule has 0 atom stereocenters. The van der Waals surface area contributed by atoms with Crippen molar-refractivity contribution < 1.29 is 18.9 Å². The van der Waals surface area contributed by atoms with E-state index in [2.05, 4.69) is 5.32 Å². The van der Waals surface area contributed by atoms with Gasteiger partial charge in [0.15, 0.2) is 5.78 Å². The molecule has 1 heterocycles. The maximum atomic E-state index is 12.5. The number of non-ortho nitro benzene ring substituents is 1. The van der Waals surface area contributed by atoms with Crippen LogP contribution in [0.4, 0.5) is 11.4 Å². The summed E-state index contributed by atoms with van der Waals surface area (Å²) in [5.41, 5.74) is 1.95. The minimum atomic E-state index is -0.526. The van der Waals surface area contributed by atoms with Gasteiger partial charge in [-0.05, 0) is 66.7 Å². The van der Waals surface area contributed by atoms with E-state index in [1.165, 1.54) is 30.4 Å². The summed E-state index contributed by atoms with van der Waals surface area (Å²) in [4.78, 5) is 35.1. The number of furan rings is 1. The first-order valence-electron chi connectivity index (χ1n) is 10.1. The van der Waals surface area contributed by atoms with E-state index in [1.54, 1.807) is 60.7 Å². The number of anilines is 1. The van der Waals surface area contributed by atoms with E-state index in [-0.39, 0.29) is 22.4 Å². The summed E-state index contributed by atoms with van der Waals surface area (Å²) in [7, 11) is 0. The Bertz CT molecular complexity index is 1390. The molecule has 1 aromatic heterocycles. The van der Waals surface area contributed by atoms with Crippen LogP contribution in [0.25, 0.3) is 17.4 Å². The minimum Gasteiger partial charge on any atom is -0.457 e.